The van der Waals surface area contributed by atoms with Gasteiger partial charge in [-0.25, -0.2) is 14.4 Å². The Kier molecular flexibility index (Phi) is 6.76. The molecule has 4 N–H and O–H groups in total. The second-order valence-corrected chi connectivity index (χ2v) is 8.87. The summed E-state index contributed by atoms with van der Waals surface area (Å²) in [5.74, 6) is 0.928. The summed E-state index contributed by atoms with van der Waals surface area (Å²) in [6, 6.07) is 10.4. The molecule has 1 aromatic carbocycles. The first-order chi connectivity index (χ1) is 17.0. The van der Waals surface area contributed by atoms with E-state index in [2.05, 4.69) is 20.6 Å². The van der Waals surface area contributed by atoms with Crippen molar-refractivity contribution in [3.63, 3.8) is 0 Å². The van der Waals surface area contributed by atoms with Crippen LogP contribution in [0, 0.1) is 5.82 Å². The molecule has 184 valence electrons. The van der Waals surface area contributed by atoms with Crippen LogP contribution in [-0.4, -0.2) is 54.4 Å². The van der Waals surface area contributed by atoms with Gasteiger partial charge in [0.05, 0.1) is 31.0 Å². The molecule has 9 nitrogen and oxygen atoms in total. The van der Waals surface area contributed by atoms with Gasteiger partial charge >= 0.3 is 0 Å². The van der Waals surface area contributed by atoms with Gasteiger partial charge in [-0.15, -0.1) is 0 Å². The van der Waals surface area contributed by atoms with Crippen molar-refractivity contribution in [2.24, 2.45) is 5.73 Å². The molecule has 3 atom stereocenters. The fraction of sp³-hybridized carbons (Fsp3) is 0.400. The maximum Gasteiger partial charge on any atom is 0.263 e. The third-order valence-electron chi connectivity index (χ3n) is 6.39. The minimum absolute atomic E-state index is 0.00886. The Labute approximate surface area is 202 Å². The molecule has 0 radical (unpaired) electrons. The van der Waals surface area contributed by atoms with E-state index in [9.17, 15) is 9.18 Å². The van der Waals surface area contributed by atoms with E-state index in [0.717, 1.165) is 23.9 Å². The van der Waals surface area contributed by atoms with Gasteiger partial charge in [-0.2, -0.15) is 0 Å². The summed E-state index contributed by atoms with van der Waals surface area (Å²) >= 11 is 0. The Morgan fingerprint density at radius 1 is 1.26 bits per heavy atom. The number of hydrogen-bond acceptors (Lipinski definition) is 8. The van der Waals surface area contributed by atoms with Crippen LogP contribution in [0.4, 0.5) is 10.2 Å². The average molecular weight is 482 g/mol. The number of carbonyl (C=O) groups excluding carboxylic acids is 1. The summed E-state index contributed by atoms with van der Waals surface area (Å²) in [4.78, 5) is 20.2. The van der Waals surface area contributed by atoms with E-state index in [-0.39, 0.29) is 36.5 Å². The lowest BCUT2D eigenvalue weighted by atomic mass is 9.94. The molecule has 2 aromatic heterocycles. The first-order valence-electron chi connectivity index (χ1n) is 11.6. The van der Waals surface area contributed by atoms with E-state index >= 15 is 0 Å². The van der Waals surface area contributed by atoms with Crippen LogP contribution in [-0.2, 0) is 22.5 Å². The number of aromatic nitrogens is 2. The highest BCUT2D eigenvalue weighted by Gasteiger charge is 2.27. The Bertz CT molecular complexity index is 1230. The van der Waals surface area contributed by atoms with Crippen LogP contribution in [0.3, 0.4) is 0 Å². The predicted molar refractivity (Wildman–Crippen MR) is 128 cm³/mol. The smallest absolute Gasteiger partial charge is 0.263 e. The molecule has 0 spiro atoms. The van der Waals surface area contributed by atoms with Crippen molar-refractivity contribution in [1.29, 1.82) is 0 Å². The molecule has 10 heteroatoms. The molecule has 35 heavy (non-hydrogen) atoms. The van der Waals surface area contributed by atoms with E-state index in [1.54, 1.807) is 12.1 Å². The zero-order valence-corrected chi connectivity index (χ0v) is 19.4. The first-order valence-corrected chi connectivity index (χ1v) is 11.6. The number of hydrogen-bond donors (Lipinski definition) is 3. The summed E-state index contributed by atoms with van der Waals surface area (Å²) in [6.45, 7) is 1.05. The number of ether oxygens (including phenoxy) is 3. The molecule has 3 aromatic rings. The highest BCUT2D eigenvalue weighted by atomic mass is 19.1. The van der Waals surface area contributed by atoms with Crippen molar-refractivity contribution in [1.82, 2.24) is 15.3 Å². The molecule has 0 bridgehead atoms. The lowest BCUT2D eigenvalue weighted by Crippen LogP contribution is -2.47. The lowest BCUT2D eigenvalue weighted by molar-refractivity contribution is -0.118. The zero-order chi connectivity index (χ0) is 24.4. The number of benzene rings is 1. The Hall–Kier alpha value is -3.34. The summed E-state index contributed by atoms with van der Waals surface area (Å²) in [6.07, 6.45) is 1.89. The number of nitrogens with one attached hydrogen (secondary N) is 2. The van der Waals surface area contributed by atoms with Gasteiger partial charge < -0.3 is 30.6 Å². The molecule has 0 saturated carbocycles. The van der Waals surface area contributed by atoms with Crippen LogP contribution >= 0.6 is 0 Å². The summed E-state index contributed by atoms with van der Waals surface area (Å²) in [7, 11) is 1.53. The van der Waals surface area contributed by atoms with Crippen LogP contribution in [0.1, 0.15) is 24.1 Å². The van der Waals surface area contributed by atoms with Gasteiger partial charge in [0.2, 0.25) is 5.88 Å². The number of amides is 1. The number of anilines is 1. The van der Waals surface area contributed by atoms with Gasteiger partial charge in [0.15, 0.2) is 18.2 Å². The average Bonchev–Trinajstić information content (AvgIpc) is 2.87. The molecule has 1 fully saturated rings. The first kappa shape index (κ1) is 23.4. The minimum atomic E-state index is -0.330. The van der Waals surface area contributed by atoms with Crippen molar-refractivity contribution >= 4 is 22.6 Å². The Morgan fingerprint density at radius 2 is 2.14 bits per heavy atom. The molecule has 0 unspecified atom stereocenters. The Balaban J connectivity index is 1.13. The molecule has 4 heterocycles. The Morgan fingerprint density at radius 3 is 2.94 bits per heavy atom. The number of nitrogens with zero attached hydrogens (tertiary/aromatic N) is 2. The third-order valence-corrected chi connectivity index (χ3v) is 6.39. The highest BCUT2D eigenvalue weighted by molar-refractivity contribution is 5.94. The number of carbonyl (C=O) groups is 1. The maximum absolute atomic E-state index is 14.7. The molecular weight excluding hydrogens is 453 g/mol. The van der Waals surface area contributed by atoms with Gasteiger partial charge in [0, 0.05) is 36.1 Å². The molecule has 1 saturated heterocycles. The van der Waals surface area contributed by atoms with Crippen molar-refractivity contribution in [3.05, 3.63) is 53.5 Å². The van der Waals surface area contributed by atoms with Gasteiger partial charge in [0.25, 0.3) is 5.91 Å². The molecular formula is C25H28FN5O4. The van der Waals surface area contributed by atoms with Crippen molar-refractivity contribution < 1.29 is 23.4 Å². The van der Waals surface area contributed by atoms with Crippen molar-refractivity contribution in [2.45, 2.75) is 44.0 Å². The quantitative estimate of drug-likeness (QED) is 0.470. The number of methoxy groups -OCH3 is 1. The standard InChI is InChI=1S/C25H28FN5O4/c1-33-24-7-2-14-8-15(18(26)10-20(14)30-24)9-19(27)21-5-4-17(12-34-21)28-11-16-3-6-22-25(29-16)31-23(32)13-35-22/h2-3,6-8,10,17,19,21,28H,4-5,9,11-13,27H2,1H3,(H,29,31,32)/t17-,19-,21+/m1/s1. The normalized spacial score (nSPS) is 20.6. The maximum atomic E-state index is 14.7. The molecule has 5 rings (SSSR count). The zero-order valence-electron chi connectivity index (χ0n) is 19.4. The summed E-state index contributed by atoms with van der Waals surface area (Å²) in [5.41, 5.74) is 8.32. The van der Waals surface area contributed by atoms with Gasteiger partial charge in [-0.05, 0) is 49.1 Å². The number of nitrogens with two attached hydrogens (primary N) is 1. The van der Waals surface area contributed by atoms with Crippen LogP contribution in [0.15, 0.2) is 36.4 Å². The molecule has 0 aliphatic carbocycles. The topological polar surface area (TPSA) is 121 Å². The van der Waals surface area contributed by atoms with E-state index in [4.69, 9.17) is 19.9 Å². The summed E-state index contributed by atoms with van der Waals surface area (Å²) in [5, 5.41) is 7.00. The monoisotopic (exact) mass is 481 g/mol. The van der Waals surface area contributed by atoms with Crippen molar-refractivity contribution in [3.8, 4) is 11.6 Å². The molecule has 2 aliphatic rings. The van der Waals surface area contributed by atoms with Crippen LogP contribution < -0.4 is 25.8 Å². The second-order valence-electron chi connectivity index (χ2n) is 8.87. The van der Waals surface area contributed by atoms with Gasteiger partial charge in [0.1, 0.15) is 5.82 Å². The SMILES string of the molecule is COc1ccc2cc(C[C@@H](N)[C@@H]3CC[C@@H](NCc4ccc5c(n4)NC(=O)CO5)CO3)c(F)cc2n1. The summed E-state index contributed by atoms with van der Waals surface area (Å²) < 4.78 is 31.2. The third kappa shape index (κ3) is 5.34. The fourth-order valence-corrected chi connectivity index (χ4v) is 4.45. The minimum Gasteiger partial charge on any atom is -0.481 e. The highest BCUT2D eigenvalue weighted by Crippen LogP contribution is 2.26. The van der Waals surface area contributed by atoms with Crippen LogP contribution in [0.25, 0.3) is 10.9 Å². The van der Waals surface area contributed by atoms with Crippen molar-refractivity contribution in [2.75, 3.05) is 25.6 Å². The largest absolute Gasteiger partial charge is 0.481 e. The number of fused-ring (bicyclic) bond motifs is 2. The number of rotatable bonds is 7. The predicted octanol–water partition coefficient (Wildman–Crippen LogP) is 2.32. The van der Waals surface area contributed by atoms with E-state index in [1.807, 2.05) is 18.2 Å². The fourth-order valence-electron chi connectivity index (χ4n) is 4.45. The van der Waals surface area contributed by atoms with E-state index < -0.39 is 0 Å². The lowest BCUT2D eigenvalue weighted by Gasteiger charge is -2.33. The molecule has 1 amide bonds. The van der Waals surface area contributed by atoms with Gasteiger partial charge in [-0.3, -0.25) is 4.79 Å². The van der Waals surface area contributed by atoms with E-state index in [1.165, 1.54) is 13.2 Å². The van der Waals surface area contributed by atoms with Gasteiger partial charge in [-0.1, -0.05) is 0 Å². The van der Waals surface area contributed by atoms with E-state index in [0.29, 0.717) is 48.1 Å². The molecule has 2 aliphatic heterocycles. The number of halogens is 1. The van der Waals surface area contributed by atoms with Crippen LogP contribution in [0.2, 0.25) is 0 Å². The van der Waals surface area contributed by atoms with Crippen LogP contribution in [0.5, 0.6) is 11.6 Å². The number of pyridine rings is 2. The second kappa shape index (κ2) is 10.1.